The number of Topliss-reactive ketones (excluding diaryl/α,β-unsaturated/α-hetero) is 1. The fraction of sp³-hybridized carbons (Fsp3) is 0.231. The summed E-state index contributed by atoms with van der Waals surface area (Å²) in [6.07, 6.45) is 0.841. The van der Waals surface area contributed by atoms with Gasteiger partial charge in [0.05, 0.1) is 5.70 Å². The first kappa shape index (κ1) is 12.2. The number of carbonyl (C=O) groups is 2. The monoisotopic (exact) mass is 217 g/mol. The minimum atomic E-state index is -0.0710. The molecular weight excluding hydrogens is 202 g/mol. The van der Waals surface area contributed by atoms with Crippen molar-refractivity contribution in [3.8, 4) is 0 Å². The summed E-state index contributed by atoms with van der Waals surface area (Å²) in [4.78, 5) is 22.2. The Hall–Kier alpha value is -1.90. The van der Waals surface area contributed by atoms with E-state index in [9.17, 15) is 9.59 Å². The zero-order valence-corrected chi connectivity index (χ0v) is 9.49. The van der Waals surface area contributed by atoms with E-state index in [0.29, 0.717) is 18.5 Å². The van der Waals surface area contributed by atoms with Crippen LogP contribution in [-0.4, -0.2) is 12.2 Å². The van der Waals surface area contributed by atoms with E-state index < -0.39 is 0 Å². The molecule has 1 aromatic carbocycles. The molecule has 0 saturated heterocycles. The standard InChI is InChI=1S/C13H15NO2/c1-10(2)13(14-9-15)12(16)8-11-6-4-3-5-7-11/h3-7,9H,8H2,1-2H3,(H,14,15). The van der Waals surface area contributed by atoms with Gasteiger partial charge >= 0.3 is 0 Å². The Balaban J connectivity index is 2.79. The number of amides is 1. The number of allylic oxidation sites excluding steroid dienone is 2. The van der Waals surface area contributed by atoms with E-state index in [1.165, 1.54) is 0 Å². The molecule has 0 spiro atoms. The molecule has 0 heterocycles. The van der Waals surface area contributed by atoms with Crippen LogP contribution in [0.2, 0.25) is 0 Å². The second kappa shape index (κ2) is 5.85. The van der Waals surface area contributed by atoms with Gasteiger partial charge in [-0.2, -0.15) is 0 Å². The number of nitrogens with one attached hydrogen (secondary N) is 1. The molecule has 0 aliphatic heterocycles. The predicted molar refractivity (Wildman–Crippen MR) is 62.7 cm³/mol. The first-order valence-corrected chi connectivity index (χ1v) is 5.10. The molecule has 1 aromatic rings. The maximum atomic E-state index is 11.9. The maximum Gasteiger partial charge on any atom is 0.211 e. The minimum absolute atomic E-state index is 0.0710. The number of hydrogen-bond donors (Lipinski definition) is 1. The normalized spacial score (nSPS) is 9.38. The average Bonchev–Trinajstić information content (AvgIpc) is 2.26. The van der Waals surface area contributed by atoms with Gasteiger partial charge in [0.2, 0.25) is 6.41 Å². The van der Waals surface area contributed by atoms with Gasteiger partial charge < -0.3 is 5.32 Å². The number of benzene rings is 1. The molecule has 84 valence electrons. The van der Waals surface area contributed by atoms with Crippen molar-refractivity contribution in [2.24, 2.45) is 0 Å². The van der Waals surface area contributed by atoms with E-state index in [1.807, 2.05) is 30.3 Å². The largest absolute Gasteiger partial charge is 0.326 e. The van der Waals surface area contributed by atoms with Crippen molar-refractivity contribution >= 4 is 12.2 Å². The van der Waals surface area contributed by atoms with E-state index in [0.717, 1.165) is 11.1 Å². The first-order chi connectivity index (χ1) is 7.65. The van der Waals surface area contributed by atoms with E-state index in [2.05, 4.69) is 5.32 Å². The van der Waals surface area contributed by atoms with Crippen molar-refractivity contribution in [3.05, 3.63) is 47.2 Å². The van der Waals surface area contributed by atoms with E-state index in [1.54, 1.807) is 13.8 Å². The molecular formula is C13H15NO2. The number of hydrogen-bond acceptors (Lipinski definition) is 2. The number of ketones is 1. The topological polar surface area (TPSA) is 46.2 Å². The lowest BCUT2D eigenvalue weighted by atomic mass is 10.0. The zero-order chi connectivity index (χ0) is 12.0. The third kappa shape index (κ3) is 3.35. The van der Waals surface area contributed by atoms with Crippen LogP contribution in [0.3, 0.4) is 0 Å². The fourth-order valence-corrected chi connectivity index (χ4v) is 1.43. The van der Waals surface area contributed by atoms with Crippen LogP contribution in [0.1, 0.15) is 19.4 Å². The molecule has 0 fully saturated rings. The molecule has 3 heteroatoms. The Bertz CT molecular complexity index is 403. The Labute approximate surface area is 95.2 Å². The summed E-state index contributed by atoms with van der Waals surface area (Å²) in [6, 6.07) is 9.46. The van der Waals surface area contributed by atoms with E-state index in [4.69, 9.17) is 0 Å². The fourth-order valence-electron chi connectivity index (χ4n) is 1.43. The predicted octanol–water partition coefficient (Wildman–Crippen LogP) is 1.84. The second-order valence-corrected chi connectivity index (χ2v) is 3.72. The molecule has 1 amide bonds. The van der Waals surface area contributed by atoms with Crippen LogP contribution in [0.15, 0.2) is 41.6 Å². The molecule has 1 rings (SSSR count). The summed E-state index contributed by atoms with van der Waals surface area (Å²) in [5.74, 6) is -0.0710. The van der Waals surface area contributed by atoms with Crippen molar-refractivity contribution < 1.29 is 9.59 Å². The van der Waals surface area contributed by atoms with Crippen LogP contribution in [0.5, 0.6) is 0 Å². The van der Waals surface area contributed by atoms with Gasteiger partial charge in [0.1, 0.15) is 0 Å². The third-order valence-electron chi connectivity index (χ3n) is 2.19. The highest BCUT2D eigenvalue weighted by molar-refractivity contribution is 5.98. The van der Waals surface area contributed by atoms with Crippen LogP contribution >= 0.6 is 0 Å². The van der Waals surface area contributed by atoms with Crippen molar-refractivity contribution in [2.75, 3.05) is 0 Å². The van der Waals surface area contributed by atoms with E-state index >= 15 is 0 Å². The SMILES string of the molecule is CC(C)=C(NC=O)C(=O)Cc1ccccc1. The smallest absolute Gasteiger partial charge is 0.211 e. The molecule has 1 N–H and O–H groups in total. The molecule has 0 aliphatic rings. The Kier molecular flexibility index (Phi) is 4.45. The summed E-state index contributed by atoms with van der Waals surface area (Å²) in [7, 11) is 0. The van der Waals surface area contributed by atoms with Gasteiger partial charge in [-0.3, -0.25) is 9.59 Å². The lowest BCUT2D eigenvalue weighted by molar-refractivity contribution is -0.117. The van der Waals surface area contributed by atoms with Crippen LogP contribution < -0.4 is 5.32 Å². The van der Waals surface area contributed by atoms with Gasteiger partial charge in [0, 0.05) is 6.42 Å². The molecule has 0 aromatic heterocycles. The van der Waals surface area contributed by atoms with E-state index in [-0.39, 0.29) is 5.78 Å². The second-order valence-electron chi connectivity index (χ2n) is 3.72. The summed E-state index contributed by atoms with van der Waals surface area (Å²) in [5.41, 5.74) is 2.14. The third-order valence-corrected chi connectivity index (χ3v) is 2.19. The molecule has 0 radical (unpaired) electrons. The summed E-state index contributed by atoms with van der Waals surface area (Å²) in [5, 5.41) is 2.45. The van der Waals surface area contributed by atoms with Crippen LogP contribution in [0, 0.1) is 0 Å². The maximum absolute atomic E-state index is 11.9. The summed E-state index contributed by atoms with van der Waals surface area (Å²) in [6.45, 7) is 3.60. The molecule has 0 aliphatic carbocycles. The molecule has 3 nitrogen and oxygen atoms in total. The summed E-state index contributed by atoms with van der Waals surface area (Å²) >= 11 is 0. The Morgan fingerprint density at radius 3 is 2.38 bits per heavy atom. The van der Waals surface area contributed by atoms with Crippen LogP contribution in [0.4, 0.5) is 0 Å². The molecule has 0 atom stereocenters. The van der Waals surface area contributed by atoms with Crippen molar-refractivity contribution in [3.63, 3.8) is 0 Å². The van der Waals surface area contributed by atoms with Crippen molar-refractivity contribution in [2.45, 2.75) is 20.3 Å². The lowest BCUT2D eigenvalue weighted by Gasteiger charge is -2.07. The van der Waals surface area contributed by atoms with Crippen LogP contribution in [0.25, 0.3) is 0 Å². The van der Waals surface area contributed by atoms with Gasteiger partial charge in [-0.1, -0.05) is 30.3 Å². The van der Waals surface area contributed by atoms with Gasteiger partial charge in [-0.05, 0) is 25.0 Å². The van der Waals surface area contributed by atoms with Crippen molar-refractivity contribution in [1.82, 2.24) is 5.32 Å². The minimum Gasteiger partial charge on any atom is -0.326 e. The van der Waals surface area contributed by atoms with Crippen molar-refractivity contribution in [1.29, 1.82) is 0 Å². The lowest BCUT2D eigenvalue weighted by Crippen LogP contribution is -2.21. The highest BCUT2D eigenvalue weighted by Gasteiger charge is 2.10. The quantitative estimate of drug-likeness (QED) is 0.604. The zero-order valence-electron chi connectivity index (χ0n) is 9.49. The highest BCUT2D eigenvalue weighted by atomic mass is 16.1. The van der Waals surface area contributed by atoms with Gasteiger partial charge in [0.25, 0.3) is 0 Å². The summed E-state index contributed by atoms with van der Waals surface area (Å²) < 4.78 is 0. The van der Waals surface area contributed by atoms with Gasteiger partial charge in [0.15, 0.2) is 5.78 Å². The highest BCUT2D eigenvalue weighted by Crippen LogP contribution is 2.07. The molecule has 16 heavy (non-hydrogen) atoms. The molecule has 0 unspecified atom stereocenters. The van der Waals surface area contributed by atoms with Crippen LogP contribution in [-0.2, 0) is 16.0 Å². The first-order valence-electron chi connectivity index (χ1n) is 5.10. The van der Waals surface area contributed by atoms with Gasteiger partial charge in [-0.15, -0.1) is 0 Å². The van der Waals surface area contributed by atoms with Gasteiger partial charge in [-0.25, -0.2) is 0 Å². The number of rotatable bonds is 5. The average molecular weight is 217 g/mol. The Morgan fingerprint density at radius 1 is 1.25 bits per heavy atom. The molecule has 0 saturated carbocycles. The Morgan fingerprint density at radius 2 is 1.88 bits per heavy atom. The molecule has 0 bridgehead atoms. The number of carbonyl (C=O) groups excluding carboxylic acids is 2.